The zero-order chi connectivity index (χ0) is 17.7. The van der Waals surface area contributed by atoms with Crippen LogP contribution in [0.5, 0.6) is 0 Å². The average molecular weight is 338 g/mol. The fourth-order valence-electron chi connectivity index (χ4n) is 2.27. The van der Waals surface area contributed by atoms with Crippen LogP contribution in [0, 0.1) is 12.7 Å². The molecule has 24 heavy (non-hydrogen) atoms. The quantitative estimate of drug-likeness (QED) is 0.859. The number of carbonyl (C=O) groups excluding carboxylic acids is 1. The van der Waals surface area contributed by atoms with Crippen LogP contribution in [0.15, 0.2) is 24.4 Å². The second kappa shape index (κ2) is 7.85. The molecule has 0 radical (unpaired) electrons. The molecule has 0 bridgehead atoms. The van der Waals surface area contributed by atoms with E-state index < -0.39 is 18.9 Å². The van der Waals surface area contributed by atoms with Gasteiger partial charge in [-0.15, -0.1) is 5.10 Å². The van der Waals surface area contributed by atoms with Crippen LogP contribution >= 0.6 is 0 Å². The van der Waals surface area contributed by atoms with E-state index in [1.165, 1.54) is 21.8 Å². The van der Waals surface area contributed by atoms with Crippen LogP contribution in [-0.4, -0.2) is 33.7 Å². The van der Waals surface area contributed by atoms with E-state index >= 15 is 0 Å². The second-order valence-corrected chi connectivity index (χ2v) is 5.12. The Hall–Kier alpha value is -2.51. The van der Waals surface area contributed by atoms with Crippen molar-refractivity contribution in [1.82, 2.24) is 15.0 Å². The smallest absolute Gasteiger partial charge is 0.414 e. The number of anilines is 1. The van der Waals surface area contributed by atoms with Crippen molar-refractivity contribution in [3.8, 4) is 0 Å². The number of carbonyl (C=O) groups is 1. The third-order valence-corrected chi connectivity index (χ3v) is 3.45. The van der Waals surface area contributed by atoms with Gasteiger partial charge in [-0.1, -0.05) is 25.1 Å². The first-order valence-corrected chi connectivity index (χ1v) is 7.76. The molecule has 2 heterocycles. The third kappa shape index (κ3) is 3.87. The zero-order valence-electron chi connectivity index (χ0n) is 13.9. The summed E-state index contributed by atoms with van der Waals surface area (Å²) in [6, 6.07) is 4.57. The normalized spacial score (nSPS) is 16.6. The summed E-state index contributed by atoms with van der Waals surface area (Å²) < 4.78 is 32.7. The van der Waals surface area contributed by atoms with Crippen molar-refractivity contribution in [3.63, 3.8) is 0 Å². The van der Waals surface area contributed by atoms with Gasteiger partial charge in [-0.05, 0) is 24.6 Å². The lowest BCUT2D eigenvalue weighted by molar-refractivity contribution is 0.129. The number of nitrogens with zero attached hydrogens (tertiary/aromatic N) is 4. The van der Waals surface area contributed by atoms with E-state index in [4.69, 9.17) is 4.74 Å². The number of hydrogen-bond acceptors (Lipinski definition) is 4. The molecule has 0 spiro atoms. The van der Waals surface area contributed by atoms with Gasteiger partial charge >= 0.3 is 6.09 Å². The topological polar surface area (TPSA) is 60.3 Å². The first kappa shape index (κ1) is 17.8. The maximum absolute atomic E-state index is 13.6. The minimum absolute atomic E-state index is 0.224. The number of hydrogen-bond donors (Lipinski definition) is 0. The molecule has 3 rings (SSSR count). The fourth-order valence-corrected chi connectivity index (χ4v) is 2.27. The summed E-state index contributed by atoms with van der Waals surface area (Å²) in [6.07, 6.45) is 0.465. The van der Waals surface area contributed by atoms with Gasteiger partial charge in [-0.2, -0.15) is 0 Å². The average Bonchev–Trinajstić information content (AvgIpc) is 3.19. The molecule has 1 aromatic heterocycles. The predicted octanol–water partition coefficient (Wildman–Crippen LogP) is 3.25. The Balaban J connectivity index is 0.00000100. The maximum Gasteiger partial charge on any atom is 0.414 e. The van der Waals surface area contributed by atoms with Gasteiger partial charge in [0.25, 0.3) is 0 Å². The van der Waals surface area contributed by atoms with Gasteiger partial charge < -0.3 is 4.74 Å². The monoisotopic (exact) mass is 338 g/mol. The maximum atomic E-state index is 13.6. The standard InChI is InChI=1S/C14H14F2N4O2.C2H6/c1-9-2-3-11(4-13(9)16)20-8-12(22-14(20)21)7-19-6-10(5-15)17-18-19;1-2/h2-4,6,12H,5,7-8H2,1H3;1-2H3. The molecule has 1 saturated heterocycles. The van der Waals surface area contributed by atoms with Crippen molar-refractivity contribution in [2.24, 2.45) is 0 Å². The Labute approximate surface area is 139 Å². The predicted molar refractivity (Wildman–Crippen MR) is 84.9 cm³/mol. The summed E-state index contributed by atoms with van der Waals surface area (Å²) in [6.45, 7) is 5.49. The van der Waals surface area contributed by atoms with Crippen LogP contribution in [0.25, 0.3) is 0 Å². The molecule has 1 fully saturated rings. The lowest BCUT2D eigenvalue weighted by Crippen LogP contribution is -2.26. The Kier molecular flexibility index (Phi) is 5.83. The van der Waals surface area contributed by atoms with Crippen LogP contribution in [0.3, 0.4) is 0 Å². The van der Waals surface area contributed by atoms with E-state index in [1.54, 1.807) is 19.1 Å². The second-order valence-electron chi connectivity index (χ2n) is 5.12. The van der Waals surface area contributed by atoms with Crippen LogP contribution in [-0.2, 0) is 18.0 Å². The summed E-state index contributed by atoms with van der Waals surface area (Å²) in [5, 5.41) is 7.38. The van der Waals surface area contributed by atoms with E-state index in [0.717, 1.165) is 0 Å². The molecule has 1 unspecified atom stereocenters. The number of halogens is 2. The highest BCUT2D eigenvalue weighted by Gasteiger charge is 2.33. The molecule has 0 aliphatic carbocycles. The Morgan fingerprint density at radius 1 is 1.38 bits per heavy atom. The van der Waals surface area contributed by atoms with Crippen molar-refractivity contribution < 1.29 is 18.3 Å². The molecule has 8 heteroatoms. The fraction of sp³-hybridized carbons (Fsp3) is 0.438. The zero-order valence-corrected chi connectivity index (χ0v) is 13.9. The van der Waals surface area contributed by atoms with Crippen LogP contribution < -0.4 is 4.90 Å². The Bertz CT molecular complexity index is 705. The van der Waals surface area contributed by atoms with Gasteiger partial charge in [0.05, 0.1) is 25.0 Å². The number of alkyl halides is 1. The lowest BCUT2D eigenvalue weighted by Gasteiger charge is -2.13. The minimum atomic E-state index is -0.695. The van der Waals surface area contributed by atoms with E-state index in [9.17, 15) is 13.6 Å². The van der Waals surface area contributed by atoms with E-state index in [1.807, 2.05) is 13.8 Å². The van der Waals surface area contributed by atoms with Gasteiger partial charge in [-0.25, -0.2) is 18.3 Å². The summed E-state index contributed by atoms with van der Waals surface area (Å²) >= 11 is 0. The number of amides is 1. The number of rotatable bonds is 4. The molecule has 1 aliphatic heterocycles. The number of aryl methyl sites for hydroxylation is 1. The largest absolute Gasteiger partial charge is 0.442 e. The molecule has 1 atom stereocenters. The van der Waals surface area contributed by atoms with Crippen LogP contribution in [0.4, 0.5) is 19.3 Å². The molecule has 1 aliphatic rings. The van der Waals surface area contributed by atoms with Crippen molar-refractivity contribution >= 4 is 11.8 Å². The van der Waals surface area contributed by atoms with Crippen molar-refractivity contribution in [2.75, 3.05) is 11.4 Å². The molecule has 1 aromatic carbocycles. The van der Waals surface area contributed by atoms with E-state index in [2.05, 4.69) is 10.3 Å². The Morgan fingerprint density at radius 3 is 2.75 bits per heavy atom. The van der Waals surface area contributed by atoms with Crippen LogP contribution in [0.1, 0.15) is 25.1 Å². The number of ether oxygens (including phenoxy) is 1. The Morgan fingerprint density at radius 2 is 2.12 bits per heavy atom. The van der Waals surface area contributed by atoms with Crippen molar-refractivity contribution in [3.05, 3.63) is 41.5 Å². The van der Waals surface area contributed by atoms with Gasteiger partial charge in [0, 0.05) is 0 Å². The van der Waals surface area contributed by atoms with Crippen LogP contribution in [0.2, 0.25) is 0 Å². The molecule has 2 aromatic rings. The first-order chi connectivity index (χ1) is 11.6. The number of aromatic nitrogens is 3. The molecular weight excluding hydrogens is 318 g/mol. The minimum Gasteiger partial charge on any atom is -0.442 e. The molecule has 0 saturated carbocycles. The van der Waals surface area contributed by atoms with Gasteiger partial charge in [0.1, 0.15) is 24.3 Å². The number of benzene rings is 1. The van der Waals surface area contributed by atoms with Gasteiger partial charge in [0.15, 0.2) is 0 Å². The highest BCUT2D eigenvalue weighted by molar-refractivity contribution is 5.89. The van der Waals surface area contributed by atoms with E-state index in [0.29, 0.717) is 11.3 Å². The summed E-state index contributed by atoms with van der Waals surface area (Å²) in [7, 11) is 0. The molecule has 6 nitrogen and oxygen atoms in total. The summed E-state index contributed by atoms with van der Waals surface area (Å²) in [5.74, 6) is -0.377. The van der Waals surface area contributed by atoms with E-state index in [-0.39, 0.29) is 24.6 Å². The summed E-state index contributed by atoms with van der Waals surface area (Å²) in [5.41, 5.74) is 1.18. The lowest BCUT2D eigenvalue weighted by atomic mass is 10.2. The SMILES string of the molecule is CC.Cc1ccc(N2CC(Cn3cc(CF)nn3)OC2=O)cc1F. The summed E-state index contributed by atoms with van der Waals surface area (Å²) in [4.78, 5) is 13.3. The van der Waals surface area contributed by atoms with Crippen molar-refractivity contribution in [2.45, 2.75) is 40.1 Å². The number of cyclic esters (lactones) is 1. The van der Waals surface area contributed by atoms with Gasteiger partial charge in [0.2, 0.25) is 0 Å². The molecule has 130 valence electrons. The molecular formula is C16H20F2N4O2. The highest BCUT2D eigenvalue weighted by atomic mass is 19.1. The molecule has 1 amide bonds. The van der Waals surface area contributed by atoms with Gasteiger partial charge in [-0.3, -0.25) is 4.90 Å². The first-order valence-electron chi connectivity index (χ1n) is 7.76. The highest BCUT2D eigenvalue weighted by Crippen LogP contribution is 2.24. The van der Waals surface area contributed by atoms with Crippen molar-refractivity contribution in [1.29, 1.82) is 0 Å². The third-order valence-electron chi connectivity index (χ3n) is 3.45. The molecule has 0 N–H and O–H groups in total.